The Morgan fingerprint density at radius 1 is 1.25 bits per heavy atom. The van der Waals surface area contributed by atoms with E-state index in [9.17, 15) is 0 Å². The van der Waals surface area contributed by atoms with Gasteiger partial charge in [0, 0.05) is 0 Å². The first kappa shape index (κ1) is 7.94. The second-order valence-electron chi connectivity index (χ2n) is 2.04. The van der Waals surface area contributed by atoms with Gasteiger partial charge in [-0.05, 0) is 0 Å². The first-order valence-corrected chi connectivity index (χ1v) is 2.89. The third-order valence-electron chi connectivity index (χ3n) is 0.945. The van der Waals surface area contributed by atoms with Gasteiger partial charge < -0.3 is 15.1 Å². The van der Waals surface area contributed by atoms with Crippen LogP contribution in [0.4, 0.5) is 0 Å². The van der Waals surface area contributed by atoms with Crippen LogP contribution in [0.2, 0.25) is 6.32 Å². The van der Waals surface area contributed by atoms with Gasteiger partial charge in [-0.25, -0.2) is 0 Å². The summed E-state index contributed by atoms with van der Waals surface area (Å²) in [4.78, 5) is 0. The highest BCUT2D eigenvalue weighted by molar-refractivity contribution is 6.56. The first-order chi connectivity index (χ1) is 3.56. The molecule has 0 radical (unpaired) electrons. The van der Waals surface area contributed by atoms with Crippen molar-refractivity contribution in [1.82, 2.24) is 0 Å². The van der Waals surface area contributed by atoms with Gasteiger partial charge >= 0.3 is 6.75 Å². The molecule has 0 unspecified atom stereocenters. The molecule has 0 heterocycles. The minimum Gasteiger partial charge on any atom is -0.560 e. The van der Waals surface area contributed by atoms with Crippen LogP contribution in [0.25, 0.3) is 0 Å². The van der Waals surface area contributed by atoms with Gasteiger partial charge in [-0.2, -0.15) is 0 Å². The Bertz CT molecular complexity index is 58.8. The second-order valence-corrected chi connectivity index (χ2v) is 2.04. The van der Waals surface area contributed by atoms with E-state index in [0.29, 0.717) is 6.42 Å². The van der Waals surface area contributed by atoms with Gasteiger partial charge in [-0.1, -0.05) is 26.1 Å². The molecule has 0 aromatic carbocycles. The third kappa shape index (κ3) is 5.94. The monoisotopic (exact) mass is 119 g/mol. The van der Waals surface area contributed by atoms with Gasteiger partial charge in [0.25, 0.3) is 0 Å². The Kier molecular flexibility index (Phi) is 3.05. The van der Waals surface area contributed by atoms with Crippen molar-refractivity contribution in [1.29, 1.82) is 0 Å². The van der Waals surface area contributed by atoms with Crippen molar-refractivity contribution < 1.29 is 15.1 Å². The largest absolute Gasteiger partial charge is 0.560 e. The minimum absolute atomic E-state index is 0.0938. The number of unbranched alkanes of at least 4 members (excludes halogenated alkanes) is 1. The molecule has 0 saturated heterocycles. The van der Waals surface area contributed by atoms with Gasteiger partial charge in [0.1, 0.15) is 0 Å². The molecule has 0 spiro atoms. The van der Waals surface area contributed by atoms with E-state index in [0.717, 1.165) is 6.42 Å². The lowest BCUT2D eigenvalue weighted by molar-refractivity contribution is 0.226. The van der Waals surface area contributed by atoms with E-state index in [1.807, 2.05) is 6.92 Å². The lowest BCUT2D eigenvalue weighted by atomic mass is 9.74. The normalized spacial score (nSPS) is 12.0. The summed E-state index contributed by atoms with van der Waals surface area (Å²) in [5.74, 6) is 0. The highest BCUT2D eigenvalue weighted by atomic mass is 16.5. The summed E-state index contributed by atoms with van der Waals surface area (Å²) in [7, 11) is 0. The second kappa shape index (κ2) is 3.07. The van der Waals surface area contributed by atoms with Crippen LogP contribution in [0.1, 0.15) is 19.8 Å². The lowest BCUT2D eigenvalue weighted by Crippen LogP contribution is -2.33. The highest BCUT2D eigenvalue weighted by Crippen LogP contribution is 2.02. The molecule has 0 fully saturated rings. The van der Waals surface area contributed by atoms with E-state index in [1.165, 1.54) is 0 Å². The zero-order valence-corrected chi connectivity index (χ0v) is 5.04. The van der Waals surface area contributed by atoms with Crippen LogP contribution in [-0.4, -0.2) is 21.8 Å². The molecule has 0 aliphatic rings. The van der Waals surface area contributed by atoms with Crippen LogP contribution < -0.4 is 0 Å². The lowest BCUT2D eigenvalue weighted by Gasteiger charge is -2.18. The molecule has 0 rings (SSSR count). The van der Waals surface area contributed by atoms with Gasteiger partial charge in [-0.3, -0.25) is 0 Å². The van der Waals surface area contributed by atoms with E-state index in [4.69, 9.17) is 15.1 Å². The Hall–Kier alpha value is -0.0551. The van der Waals surface area contributed by atoms with Crippen LogP contribution in [0.3, 0.4) is 0 Å². The molecule has 0 saturated carbocycles. The SMILES string of the molecule is CCCC[B-](O)(O)O. The minimum atomic E-state index is -3.00. The average Bonchev–Trinajstić information content (AvgIpc) is 1.59. The van der Waals surface area contributed by atoms with Crippen molar-refractivity contribution in [3.8, 4) is 0 Å². The summed E-state index contributed by atoms with van der Waals surface area (Å²) in [6.45, 7) is -1.08. The summed E-state index contributed by atoms with van der Waals surface area (Å²) in [5, 5.41) is 25.0. The molecule has 8 heavy (non-hydrogen) atoms. The van der Waals surface area contributed by atoms with Gasteiger partial charge in [0.15, 0.2) is 0 Å². The summed E-state index contributed by atoms with van der Waals surface area (Å²) in [5.41, 5.74) is 0. The molecule has 0 aliphatic heterocycles. The van der Waals surface area contributed by atoms with E-state index >= 15 is 0 Å². The molecule has 0 aromatic heterocycles. The molecule has 0 bridgehead atoms. The zero-order chi connectivity index (χ0) is 6.62. The smallest absolute Gasteiger partial charge is 0.371 e. The number of hydrogen-bond acceptors (Lipinski definition) is 3. The van der Waals surface area contributed by atoms with E-state index in [1.54, 1.807) is 0 Å². The fourth-order valence-electron chi connectivity index (χ4n) is 0.478. The van der Waals surface area contributed by atoms with Crippen LogP contribution in [-0.2, 0) is 0 Å². The molecule has 0 aliphatic carbocycles. The molecular weight excluding hydrogens is 107 g/mol. The summed E-state index contributed by atoms with van der Waals surface area (Å²) in [6.07, 6.45) is 1.62. The maximum atomic E-state index is 8.32. The van der Waals surface area contributed by atoms with Gasteiger partial charge in [0.05, 0.1) is 0 Å². The van der Waals surface area contributed by atoms with Crippen LogP contribution in [0.5, 0.6) is 0 Å². The molecule has 4 heteroatoms. The van der Waals surface area contributed by atoms with Crippen molar-refractivity contribution in [2.75, 3.05) is 0 Å². The zero-order valence-electron chi connectivity index (χ0n) is 5.04. The highest BCUT2D eigenvalue weighted by Gasteiger charge is 2.12. The number of hydrogen-bond donors (Lipinski definition) is 3. The molecule has 0 atom stereocenters. The predicted octanol–water partition coefficient (Wildman–Crippen LogP) is -0.298. The van der Waals surface area contributed by atoms with E-state index in [-0.39, 0.29) is 6.32 Å². The van der Waals surface area contributed by atoms with Gasteiger partial charge in [-0.15, -0.1) is 0 Å². The van der Waals surface area contributed by atoms with Crippen molar-refractivity contribution >= 4 is 6.75 Å². The molecule has 50 valence electrons. The predicted molar refractivity (Wildman–Crippen MR) is 32.1 cm³/mol. The summed E-state index contributed by atoms with van der Waals surface area (Å²) < 4.78 is 0. The Morgan fingerprint density at radius 2 is 1.75 bits per heavy atom. The van der Waals surface area contributed by atoms with Crippen LogP contribution in [0.15, 0.2) is 0 Å². The van der Waals surface area contributed by atoms with Gasteiger partial charge in [0.2, 0.25) is 0 Å². The summed E-state index contributed by atoms with van der Waals surface area (Å²) >= 11 is 0. The third-order valence-corrected chi connectivity index (χ3v) is 0.945. The van der Waals surface area contributed by atoms with Crippen molar-refractivity contribution in [3.05, 3.63) is 0 Å². The van der Waals surface area contributed by atoms with Crippen LogP contribution >= 0.6 is 0 Å². The molecule has 3 N–H and O–H groups in total. The van der Waals surface area contributed by atoms with E-state index in [2.05, 4.69) is 0 Å². The summed E-state index contributed by atoms with van der Waals surface area (Å²) in [6, 6.07) is 0. The molecule has 0 amide bonds. The maximum Gasteiger partial charge on any atom is 0.371 e. The van der Waals surface area contributed by atoms with Crippen molar-refractivity contribution in [2.45, 2.75) is 26.1 Å². The fraction of sp³-hybridized carbons (Fsp3) is 1.00. The molecule has 3 nitrogen and oxygen atoms in total. The topological polar surface area (TPSA) is 60.7 Å². The Labute approximate surface area is 49.0 Å². The Balaban J connectivity index is 3.11. The standard InChI is InChI=1S/C4H12BO3/c1-2-3-4-5(6,7)8/h6-8H,2-4H2,1H3/q-1. The maximum absolute atomic E-state index is 8.32. The molecular formula is C4H12BO3-. The fourth-order valence-corrected chi connectivity index (χ4v) is 0.478. The van der Waals surface area contributed by atoms with Crippen molar-refractivity contribution in [3.63, 3.8) is 0 Å². The van der Waals surface area contributed by atoms with E-state index < -0.39 is 6.75 Å². The quantitative estimate of drug-likeness (QED) is 0.447. The first-order valence-electron chi connectivity index (χ1n) is 2.89. The average molecular weight is 119 g/mol. The van der Waals surface area contributed by atoms with Crippen LogP contribution in [0, 0.1) is 0 Å². The Morgan fingerprint density at radius 3 is 1.88 bits per heavy atom. The van der Waals surface area contributed by atoms with Crippen molar-refractivity contribution in [2.24, 2.45) is 0 Å². The number of rotatable bonds is 3. The molecule has 0 aromatic rings.